The molecule has 0 amide bonds. The van der Waals surface area contributed by atoms with Crippen molar-refractivity contribution in [3.63, 3.8) is 0 Å². The minimum absolute atomic E-state index is 0.686. The minimum Gasteiger partial charge on any atom is -0.381 e. The Balaban J connectivity index is 1.51. The van der Waals surface area contributed by atoms with E-state index in [9.17, 15) is 0 Å². The standard InChI is InChI=1S/C14H16N4OS2/c1-4-19-5-2-10(1)7-15-13-17-18-12(8-16-14(18)21-13)11-3-6-20-9-11/h3,6,8-10H,1-2,4-5,7H2,(H,15,17). The SMILES string of the molecule is c1cc(-c2cnc3sc(NCC4CCOCC4)nn23)cs1. The van der Waals surface area contributed by atoms with Gasteiger partial charge < -0.3 is 10.1 Å². The molecule has 0 aromatic carbocycles. The zero-order valence-corrected chi connectivity index (χ0v) is 13.1. The van der Waals surface area contributed by atoms with Crippen LogP contribution in [0.4, 0.5) is 5.13 Å². The van der Waals surface area contributed by atoms with Crippen LogP contribution in [0.15, 0.2) is 23.0 Å². The van der Waals surface area contributed by atoms with Crippen molar-refractivity contribution in [2.24, 2.45) is 5.92 Å². The Hall–Kier alpha value is -1.44. The highest BCUT2D eigenvalue weighted by Crippen LogP contribution is 2.27. The quantitative estimate of drug-likeness (QED) is 0.801. The van der Waals surface area contributed by atoms with E-state index in [1.807, 2.05) is 10.7 Å². The van der Waals surface area contributed by atoms with E-state index in [0.29, 0.717) is 5.92 Å². The predicted octanol–water partition coefficient (Wildman–Crippen LogP) is 3.36. The Kier molecular flexibility index (Phi) is 3.62. The smallest absolute Gasteiger partial charge is 0.214 e. The van der Waals surface area contributed by atoms with Crippen molar-refractivity contribution in [1.29, 1.82) is 0 Å². The number of aromatic nitrogens is 3. The van der Waals surface area contributed by atoms with Crippen molar-refractivity contribution >= 4 is 32.8 Å². The molecule has 1 aliphatic rings. The van der Waals surface area contributed by atoms with E-state index in [-0.39, 0.29) is 0 Å². The molecule has 1 aliphatic heterocycles. The van der Waals surface area contributed by atoms with E-state index >= 15 is 0 Å². The van der Waals surface area contributed by atoms with Crippen molar-refractivity contribution in [3.05, 3.63) is 23.0 Å². The fourth-order valence-corrected chi connectivity index (χ4v) is 3.98. The molecule has 1 N–H and O–H groups in total. The molecule has 3 aromatic heterocycles. The van der Waals surface area contributed by atoms with E-state index in [1.165, 1.54) is 5.56 Å². The highest BCUT2D eigenvalue weighted by atomic mass is 32.1. The maximum atomic E-state index is 5.39. The lowest BCUT2D eigenvalue weighted by Gasteiger charge is -2.21. The highest BCUT2D eigenvalue weighted by molar-refractivity contribution is 7.20. The monoisotopic (exact) mass is 320 g/mol. The number of thiophene rings is 1. The number of anilines is 1. The number of nitrogens with one attached hydrogen (secondary N) is 1. The number of fused-ring (bicyclic) bond motifs is 1. The number of imidazole rings is 1. The van der Waals surface area contributed by atoms with Crippen LogP contribution in [0.5, 0.6) is 0 Å². The number of hydrogen-bond acceptors (Lipinski definition) is 6. The fraction of sp³-hybridized carbons (Fsp3) is 0.429. The van der Waals surface area contributed by atoms with Crippen LogP contribution >= 0.6 is 22.7 Å². The Morgan fingerprint density at radius 3 is 3.10 bits per heavy atom. The van der Waals surface area contributed by atoms with E-state index in [4.69, 9.17) is 4.74 Å². The van der Waals surface area contributed by atoms with Crippen LogP contribution in [0.25, 0.3) is 16.2 Å². The lowest BCUT2D eigenvalue weighted by molar-refractivity contribution is 0.0699. The van der Waals surface area contributed by atoms with Crippen LogP contribution in [0.3, 0.4) is 0 Å². The average molecular weight is 320 g/mol. The molecule has 1 saturated heterocycles. The molecule has 0 radical (unpaired) electrons. The zero-order chi connectivity index (χ0) is 14.1. The van der Waals surface area contributed by atoms with E-state index in [0.717, 1.165) is 48.4 Å². The molecule has 3 aromatic rings. The first-order valence-corrected chi connectivity index (χ1v) is 8.85. The maximum absolute atomic E-state index is 5.39. The molecule has 0 aliphatic carbocycles. The van der Waals surface area contributed by atoms with Crippen LogP contribution in [0, 0.1) is 5.92 Å². The average Bonchev–Trinajstić information content (AvgIpc) is 3.22. The number of rotatable bonds is 4. The van der Waals surface area contributed by atoms with Crippen molar-refractivity contribution in [3.8, 4) is 11.3 Å². The van der Waals surface area contributed by atoms with Crippen molar-refractivity contribution in [2.75, 3.05) is 25.1 Å². The normalized spacial score (nSPS) is 16.6. The van der Waals surface area contributed by atoms with Crippen LogP contribution in [-0.4, -0.2) is 34.4 Å². The number of nitrogens with zero attached hydrogens (tertiary/aromatic N) is 3. The van der Waals surface area contributed by atoms with Crippen LogP contribution in [0.2, 0.25) is 0 Å². The molecular weight excluding hydrogens is 304 g/mol. The largest absolute Gasteiger partial charge is 0.381 e. The van der Waals surface area contributed by atoms with Crippen LogP contribution < -0.4 is 5.32 Å². The van der Waals surface area contributed by atoms with E-state index < -0.39 is 0 Å². The van der Waals surface area contributed by atoms with Crippen LogP contribution in [0.1, 0.15) is 12.8 Å². The first-order valence-electron chi connectivity index (χ1n) is 7.09. The summed E-state index contributed by atoms with van der Waals surface area (Å²) < 4.78 is 7.32. The second-order valence-corrected chi connectivity index (χ2v) is 6.93. The molecule has 0 saturated carbocycles. The molecule has 21 heavy (non-hydrogen) atoms. The van der Waals surface area contributed by atoms with Gasteiger partial charge >= 0.3 is 0 Å². The van der Waals surface area contributed by atoms with Gasteiger partial charge in [0.25, 0.3) is 0 Å². The molecule has 0 spiro atoms. The van der Waals surface area contributed by atoms with E-state index in [2.05, 4.69) is 32.2 Å². The summed E-state index contributed by atoms with van der Waals surface area (Å²) in [6.07, 6.45) is 4.16. The first-order chi connectivity index (χ1) is 10.4. The highest BCUT2D eigenvalue weighted by Gasteiger charge is 2.15. The van der Waals surface area contributed by atoms with Gasteiger partial charge in [0.15, 0.2) is 0 Å². The Morgan fingerprint density at radius 1 is 1.38 bits per heavy atom. The van der Waals surface area contributed by atoms with Crippen LogP contribution in [-0.2, 0) is 4.74 Å². The molecule has 7 heteroatoms. The van der Waals surface area contributed by atoms with Gasteiger partial charge in [-0.25, -0.2) is 9.50 Å². The Bertz CT molecular complexity index is 713. The molecule has 0 unspecified atom stereocenters. The second-order valence-electron chi connectivity index (χ2n) is 5.19. The summed E-state index contributed by atoms with van der Waals surface area (Å²) in [5.41, 5.74) is 2.23. The Labute approximate surface area is 130 Å². The molecule has 4 rings (SSSR count). The van der Waals surface area contributed by atoms with Gasteiger partial charge in [0.2, 0.25) is 10.1 Å². The second kappa shape index (κ2) is 5.75. The van der Waals surface area contributed by atoms with Gasteiger partial charge in [-0.3, -0.25) is 0 Å². The predicted molar refractivity (Wildman–Crippen MR) is 86.2 cm³/mol. The maximum Gasteiger partial charge on any atom is 0.214 e. The third-order valence-corrected chi connectivity index (χ3v) is 5.35. The fourth-order valence-electron chi connectivity index (χ4n) is 2.55. The zero-order valence-electron chi connectivity index (χ0n) is 11.5. The summed E-state index contributed by atoms with van der Waals surface area (Å²) in [4.78, 5) is 5.39. The summed E-state index contributed by atoms with van der Waals surface area (Å²) in [5, 5.41) is 13.2. The Morgan fingerprint density at radius 2 is 2.29 bits per heavy atom. The molecule has 4 heterocycles. The number of ether oxygens (including phenoxy) is 1. The van der Waals surface area contributed by atoms with Gasteiger partial charge in [-0.05, 0) is 30.2 Å². The topological polar surface area (TPSA) is 51.5 Å². The van der Waals surface area contributed by atoms with Gasteiger partial charge in [-0.1, -0.05) is 11.3 Å². The first kappa shape index (κ1) is 13.2. The summed E-state index contributed by atoms with van der Waals surface area (Å²) in [6, 6.07) is 2.10. The lowest BCUT2D eigenvalue weighted by Crippen LogP contribution is -2.22. The summed E-state index contributed by atoms with van der Waals surface area (Å²) in [7, 11) is 0. The third-order valence-electron chi connectivity index (χ3n) is 3.79. The summed E-state index contributed by atoms with van der Waals surface area (Å²) in [6.45, 7) is 2.74. The minimum atomic E-state index is 0.686. The lowest BCUT2D eigenvalue weighted by atomic mass is 10.0. The molecule has 110 valence electrons. The van der Waals surface area contributed by atoms with Gasteiger partial charge in [-0.15, -0.1) is 5.10 Å². The van der Waals surface area contributed by atoms with Gasteiger partial charge in [-0.2, -0.15) is 11.3 Å². The van der Waals surface area contributed by atoms with Gasteiger partial charge in [0, 0.05) is 30.7 Å². The van der Waals surface area contributed by atoms with Gasteiger partial charge in [0.1, 0.15) is 0 Å². The van der Waals surface area contributed by atoms with Crippen molar-refractivity contribution < 1.29 is 4.74 Å². The molecule has 5 nitrogen and oxygen atoms in total. The van der Waals surface area contributed by atoms with E-state index in [1.54, 1.807) is 22.7 Å². The molecule has 0 atom stereocenters. The van der Waals surface area contributed by atoms with Gasteiger partial charge in [0.05, 0.1) is 11.9 Å². The summed E-state index contributed by atoms with van der Waals surface area (Å²) in [5.74, 6) is 0.686. The van der Waals surface area contributed by atoms with Crippen molar-refractivity contribution in [2.45, 2.75) is 12.8 Å². The summed E-state index contributed by atoms with van der Waals surface area (Å²) >= 11 is 3.30. The third kappa shape index (κ3) is 2.68. The van der Waals surface area contributed by atoms with Crippen molar-refractivity contribution in [1.82, 2.24) is 14.6 Å². The number of hydrogen-bond donors (Lipinski definition) is 1. The molecule has 0 bridgehead atoms. The molecular formula is C14H16N4OS2. The molecule has 1 fully saturated rings.